The summed E-state index contributed by atoms with van der Waals surface area (Å²) in [7, 11) is 0. The van der Waals surface area contributed by atoms with Gasteiger partial charge in [-0.25, -0.2) is 4.79 Å². The van der Waals surface area contributed by atoms with E-state index >= 15 is 0 Å². The van der Waals surface area contributed by atoms with Crippen LogP contribution in [0.25, 0.3) is 21.9 Å². The lowest BCUT2D eigenvalue weighted by atomic mass is 9.47. The van der Waals surface area contributed by atoms with Crippen LogP contribution in [0, 0.1) is 24.7 Å². The van der Waals surface area contributed by atoms with Crippen LogP contribution in [0.1, 0.15) is 60.0 Å². The quantitative estimate of drug-likeness (QED) is 0.518. The molecule has 3 aromatic carbocycles. The number of benzene rings is 3. The van der Waals surface area contributed by atoms with E-state index in [4.69, 9.17) is 0 Å². The second kappa shape index (κ2) is 6.44. The predicted octanol–water partition coefficient (Wildman–Crippen LogP) is 6.98. The SMILES string of the molecule is Cc1ccc(-c2ccc3cc(C(=O)O)ccc3c2)cc1C12CC3CC(CC(C3)C1)C2. The standard InChI is InChI=1S/C28H28O2/c1-17-2-3-24(22-4-5-23-12-25(27(29)30)7-6-21(23)11-22)13-26(17)28-14-18-8-19(15-28)10-20(9-18)16-28/h2-7,11-13,18-20H,8-10,14-16H2,1H3,(H,29,30). The van der Waals surface area contributed by atoms with Crippen molar-refractivity contribution in [2.24, 2.45) is 17.8 Å². The van der Waals surface area contributed by atoms with Gasteiger partial charge in [0, 0.05) is 0 Å². The summed E-state index contributed by atoms with van der Waals surface area (Å²) < 4.78 is 0. The van der Waals surface area contributed by atoms with E-state index in [2.05, 4.69) is 43.3 Å². The van der Waals surface area contributed by atoms with Gasteiger partial charge in [0.25, 0.3) is 0 Å². The summed E-state index contributed by atoms with van der Waals surface area (Å²) in [6, 6.07) is 18.8. The van der Waals surface area contributed by atoms with Crippen molar-refractivity contribution in [2.75, 3.05) is 0 Å². The molecule has 0 amide bonds. The lowest BCUT2D eigenvalue weighted by Gasteiger charge is -2.57. The predicted molar refractivity (Wildman–Crippen MR) is 121 cm³/mol. The number of aryl methyl sites for hydroxylation is 1. The highest BCUT2D eigenvalue weighted by Crippen LogP contribution is 2.61. The molecule has 7 rings (SSSR count). The number of rotatable bonds is 3. The van der Waals surface area contributed by atoms with E-state index in [0.717, 1.165) is 28.5 Å². The van der Waals surface area contributed by atoms with Crippen LogP contribution in [-0.4, -0.2) is 11.1 Å². The molecule has 1 N–H and O–H groups in total. The average Bonchev–Trinajstić information content (AvgIpc) is 2.72. The first-order valence-electron chi connectivity index (χ1n) is 11.4. The lowest BCUT2D eigenvalue weighted by Crippen LogP contribution is -2.48. The minimum absolute atomic E-state index is 0.342. The van der Waals surface area contributed by atoms with Crippen LogP contribution in [0.4, 0.5) is 0 Å². The highest BCUT2D eigenvalue weighted by Gasteiger charge is 2.51. The summed E-state index contributed by atoms with van der Waals surface area (Å²) in [5.74, 6) is 1.97. The Morgan fingerprint density at radius 2 is 1.37 bits per heavy atom. The zero-order chi connectivity index (χ0) is 20.5. The summed E-state index contributed by atoms with van der Waals surface area (Å²) >= 11 is 0. The zero-order valence-corrected chi connectivity index (χ0v) is 17.5. The van der Waals surface area contributed by atoms with Crippen LogP contribution < -0.4 is 0 Å². The van der Waals surface area contributed by atoms with Gasteiger partial charge in [-0.15, -0.1) is 0 Å². The van der Waals surface area contributed by atoms with E-state index in [-0.39, 0.29) is 0 Å². The molecule has 30 heavy (non-hydrogen) atoms. The molecule has 0 spiro atoms. The minimum Gasteiger partial charge on any atom is -0.478 e. The van der Waals surface area contributed by atoms with Gasteiger partial charge in [-0.3, -0.25) is 0 Å². The first-order chi connectivity index (χ1) is 14.5. The van der Waals surface area contributed by atoms with Crippen molar-refractivity contribution in [2.45, 2.75) is 50.9 Å². The van der Waals surface area contributed by atoms with Crippen molar-refractivity contribution in [3.05, 3.63) is 71.3 Å². The van der Waals surface area contributed by atoms with E-state index in [1.165, 1.54) is 55.2 Å². The molecule has 0 heterocycles. The topological polar surface area (TPSA) is 37.3 Å². The molecule has 2 nitrogen and oxygen atoms in total. The molecular weight excluding hydrogens is 368 g/mol. The Bertz CT molecular complexity index is 1140. The first-order valence-corrected chi connectivity index (χ1v) is 11.4. The summed E-state index contributed by atoms with van der Waals surface area (Å²) in [6.45, 7) is 2.30. The molecule has 3 aromatic rings. The maximum absolute atomic E-state index is 11.3. The van der Waals surface area contributed by atoms with Gasteiger partial charge in [-0.05, 0) is 120 Å². The molecule has 0 unspecified atom stereocenters. The molecule has 0 aliphatic heterocycles. The number of carboxylic acid groups (broad SMARTS) is 1. The Morgan fingerprint density at radius 3 is 2.03 bits per heavy atom. The summed E-state index contributed by atoms with van der Waals surface area (Å²) in [5.41, 5.74) is 6.30. The third-order valence-electron chi connectivity index (χ3n) is 8.27. The molecule has 4 saturated carbocycles. The molecule has 0 radical (unpaired) electrons. The molecule has 2 heteroatoms. The monoisotopic (exact) mass is 396 g/mol. The van der Waals surface area contributed by atoms with Gasteiger partial charge in [0.05, 0.1) is 5.56 Å². The number of carboxylic acids is 1. The average molecular weight is 397 g/mol. The van der Waals surface area contributed by atoms with E-state index in [0.29, 0.717) is 11.0 Å². The number of hydrogen-bond donors (Lipinski definition) is 1. The largest absolute Gasteiger partial charge is 0.478 e. The molecule has 4 aliphatic carbocycles. The maximum Gasteiger partial charge on any atom is 0.335 e. The van der Waals surface area contributed by atoms with Crippen molar-refractivity contribution >= 4 is 16.7 Å². The van der Waals surface area contributed by atoms with Crippen molar-refractivity contribution in [1.82, 2.24) is 0 Å². The first kappa shape index (κ1) is 18.2. The van der Waals surface area contributed by atoms with E-state index in [1.807, 2.05) is 6.07 Å². The Labute approximate surface area is 177 Å². The fraction of sp³-hybridized carbons (Fsp3) is 0.393. The molecule has 0 saturated heterocycles. The van der Waals surface area contributed by atoms with Gasteiger partial charge in [0.15, 0.2) is 0 Å². The second-order valence-electron chi connectivity index (χ2n) is 10.3. The van der Waals surface area contributed by atoms with Crippen molar-refractivity contribution in [1.29, 1.82) is 0 Å². The Morgan fingerprint density at radius 1 is 0.800 bits per heavy atom. The Hall–Kier alpha value is -2.61. The molecule has 0 aromatic heterocycles. The lowest BCUT2D eigenvalue weighted by molar-refractivity contribution is -0.00544. The number of aromatic carboxylic acids is 1. The van der Waals surface area contributed by atoms with Crippen LogP contribution >= 0.6 is 0 Å². The molecule has 4 fully saturated rings. The third-order valence-corrected chi connectivity index (χ3v) is 8.27. The minimum atomic E-state index is -0.875. The molecule has 152 valence electrons. The molecule has 0 atom stereocenters. The zero-order valence-electron chi connectivity index (χ0n) is 17.5. The third kappa shape index (κ3) is 2.80. The number of fused-ring (bicyclic) bond motifs is 1. The smallest absolute Gasteiger partial charge is 0.335 e. The van der Waals surface area contributed by atoms with Crippen LogP contribution in [0.2, 0.25) is 0 Å². The molecular formula is C28H28O2. The fourth-order valence-corrected chi connectivity index (χ4v) is 7.37. The Balaban J connectivity index is 1.41. The van der Waals surface area contributed by atoms with Crippen LogP contribution in [0.5, 0.6) is 0 Å². The van der Waals surface area contributed by atoms with Gasteiger partial charge in [0.1, 0.15) is 0 Å². The Kier molecular flexibility index (Phi) is 3.90. The number of carbonyl (C=O) groups is 1. The van der Waals surface area contributed by atoms with Gasteiger partial charge in [-0.2, -0.15) is 0 Å². The normalized spacial score (nSPS) is 29.4. The summed E-state index contributed by atoms with van der Waals surface area (Å²) in [4.78, 5) is 11.3. The summed E-state index contributed by atoms with van der Waals surface area (Å²) in [6.07, 6.45) is 8.58. The van der Waals surface area contributed by atoms with Gasteiger partial charge in [0.2, 0.25) is 0 Å². The molecule has 4 aliphatic rings. The van der Waals surface area contributed by atoms with Crippen LogP contribution in [0.3, 0.4) is 0 Å². The molecule has 4 bridgehead atoms. The van der Waals surface area contributed by atoms with E-state index < -0.39 is 5.97 Å². The van der Waals surface area contributed by atoms with E-state index in [9.17, 15) is 9.90 Å². The van der Waals surface area contributed by atoms with Gasteiger partial charge < -0.3 is 5.11 Å². The second-order valence-corrected chi connectivity index (χ2v) is 10.3. The number of hydrogen-bond acceptors (Lipinski definition) is 1. The van der Waals surface area contributed by atoms with Crippen LogP contribution in [-0.2, 0) is 5.41 Å². The van der Waals surface area contributed by atoms with Crippen molar-refractivity contribution in [3.8, 4) is 11.1 Å². The summed E-state index contributed by atoms with van der Waals surface area (Å²) in [5, 5.41) is 11.3. The highest BCUT2D eigenvalue weighted by atomic mass is 16.4. The van der Waals surface area contributed by atoms with Crippen molar-refractivity contribution in [3.63, 3.8) is 0 Å². The van der Waals surface area contributed by atoms with Gasteiger partial charge >= 0.3 is 5.97 Å². The van der Waals surface area contributed by atoms with Crippen LogP contribution in [0.15, 0.2) is 54.6 Å². The van der Waals surface area contributed by atoms with Gasteiger partial charge in [-0.1, -0.05) is 36.4 Å². The van der Waals surface area contributed by atoms with Crippen molar-refractivity contribution < 1.29 is 9.90 Å². The van der Waals surface area contributed by atoms with E-state index in [1.54, 1.807) is 17.7 Å². The maximum atomic E-state index is 11.3. The highest BCUT2D eigenvalue weighted by molar-refractivity contribution is 5.95. The fourth-order valence-electron chi connectivity index (χ4n) is 7.37.